The summed E-state index contributed by atoms with van der Waals surface area (Å²) in [5.74, 6) is -4.13. The Hall–Kier alpha value is -3.83. The van der Waals surface area contributed by atoms with Crippen LogP contribution in [0.25, 0.3) is 0 Å². The van der Waals surface area contributed by atoms with Crippen molar-refractivity contribution in [2.75, 3.05) is 31.6 Å². The standard InChI is InChI=1S/C26H27F4N5O3/c1-16-14-38-15-18(16)24(36)35-23(32(2)12-17-8-4-3-5-9-17)20(27)21(31-35)22-19(26(28,29)30)13-34(22)25(37)33-10-6-7-11-33/h3-5,8-9,14-15,19,22H,6-7,10-13H2,1-2H3. The Morgan fingerprint density at radius 2 is 1.82 bits per heavy atom. The molecule has 5 rings (SSSR count). The van der Waals surface area contributed by atoms with Crippen LogP contribution in [0.2, 0.25) is 0 Å². The summed E-state index contributed by atoms with van der Waals surface area (Å²) in [4.78, 5) is 30.4. The summed E-state index contributed by atoms with van der Waals surface area (Å²) in [6.45, 7) is 2.04. The third-order valence-corrected chi connectivity index (χ3v) is 7.17. The van der Waals surface area contributed by atoms with Gasteiger partial charge in [0.25, 0.3) is 5.91 Å². The van der Waals surface area contributed by atoms with E-state index in [1.54, 1.807) is 31.2 Å². The molecule has 1 aromatic carbocycles. The molecule has 12 heteroatoms. The van der Waals surface area contributed by atoms with Crippen molar-refractivity contribution in [1.29, 1.82) is 0 Å². The van der Waals surface area contributed by atoms with Gasteiger partial charge in [0.15, 0.2) is 11.6 Å². The van der Waals surface area contributed by atoms with Gasteiger partial charge >= 0.3 is 12.2 Å². The van der Waals surface area contributed by atoms with Crippen LogP contribution in [0.1, 0.15) is 46.1 Å². The lowest BCUT2D eigenvalue weighted by Crippen LogP contribution is -2.60. The minimum Gasteiger partial charge on any atom is -0.471 e. The molecule has 202 valence electrons. The van der Waals surface area contributed by atoms with Crippen molar-refractivity contribution in [1.82, 2.24) is 19.6 Å². The molecule has 2 fully saturated rings. The maximum Gasteiger partial charge on any atom is 0.395 e. The fourth-order valence-corrected chi connectivity index (χ4v) is 5.10. The van der Waals surface area contributed by atoms with E-state index in [0.717, 1.165) is 28.0 Å². The molecule has 38 heavy (non-hydrogen) atoms. The maximum atomic E-state index is 16.2. The lowest BCUT2D eigenvalue weighted by Gasteiger charge is -2.48. The van der Waals surface area contributed by atoms with Gasteiger partial charge in [0.2, 0.25) is 0 Å². The number of urea groups is 1. The third-order valence-electron chi connectivity index (χ3n) is 7.17. The van der Waals surface area contributed by atoms with Gasteiger partial charge in [-0.3, -0.25) is 4.79 Å². The Bertz CT molecular complexity index is 1330. The van der Waals surface area contributed by atoms with Gasteiger partial charge in [0.05, 0.1) is 23.8 Å². The Morgan fingerprint density at radius 1 is 1.13 bits per heavy atom. The van der Waals surface area contributed by atoms with Crippen LogP contribution in [-0.2, 0) is 6.54 Å². The molecule has 0 spiro atoms. The van der Waals surface area contributed by atoms with Crippen molar-refractivity contribution >= 4 is 17.8 Å². The quantitative estimate of drug-likeness (QED) is 0.432. The lowest BCUT2D eigenvalue weighted by molar-refractivity contribution is -0.225. The Balaban J connectivity index is 1.59. The maximum absolute atomic E-state index is 16.2. The number of carbonyl (C=O) groups excluding carboxylic acids is 2. The van der Waals surface area contributed by atoms with E-state index >= 15 is 4.39 Å². The number of hydrogen-bond acceptors (Lipinski definition) is 5. The van der Waals surface area contributed by atoms with Gasteiger partial charge < -0.3 is 19.1 Å². The fraction of sp³-hybridized carbons (Fsp3) is 0.423. The number of aromatic nitrogens is 2. The Kier molecular flexibility index (Phi) is 6.66. The first kappa shape index (κ1) is 25.8. The van der Waals surface area contributed by atoms with Crippen LogP contribution in [0.15, 0.2) is 47.3 Å². The zero-order valence-corrected chi connectivity index (χ0v) is 20.9. The summed E-state index contributed by atoms with van der Waals surface area (Å²) in [7, 11) is 1.53. The van der Waals surface area contributed by atoms with E-state index in [-0.39, 0.29) is 17.9 Å². The first-order valence-electron chi connectivity index (χ1n) is 12.3. The number of halogens is 4. The van der Waals surface area contributed by atoms with Gasteiger partial charge in [0.1, 0.15) is 12.0 Å². The summed E-state index contributed by atoms with van der Waals surface area (Å²) in [6.07, 6.45) is -0.665. The van der Waals surface area contributed by atoms with E-state index in [1.807, 2.05) is 6.07 Å². The highest BCUT2D eigenvalue weighted by Gasteiger charge is 2.59. The van der Waals surface area contributed by atoms with Crippen molar-refractivity contribution < 1.29 is 31.6 Å². The minimum absolute atomic E-state index is 0.0967. The monoisotopic (exact) mass is 533 g/mol. The molecule has 4 heterocycles. The molecule has 2 unspecified atom stereocenters. The Labute approximate surface area is 216 Å². The minimum atomic E-state index is -4.69. The molecule has 8 nitrogen and oxygen atoms in total. The van der Waals surface area contributed by atoms with Crippen LogP contribution in [0.3, 0.4) is 0 Å². The fourth-order valence-electron chi connectivity index (χ4n) is 5.10. The second-order valence-corrected chi connectivity index (χ2v) is 9.77. The van der Waals surface area contributed by atoms with Crippen LogP contribution in [-0.4, -0.2) is 64.4 Å². The topological polar surface area (TPSA) is 74.8 Å². The molecule has 0 radical (unpaired) electrons. The van der Waals surface area contributed by atoms with Crippen LogP contribution in [0, 0.1) is 18.7 Å². The summed E-state index contributed by atoms with van der Waals surface area (Å²) in [5.41, 5.74) is 0.764. The van der Waals surface area contributed by atoms with E-state index in [9.17, 15) is 22.8 Å². The van der Waals surface area contributed by atoms with Crippen molar-refractivity contribution in [3.8, 4) is 0 Å². The highest BCUT2D eigenvalue weighted by molar-refractivity contribution is 5.98. The number of alkyl halides is 3. The SMILES string of the molecule is Cc1cocc1C(=O)n1nc(C2C(C(F)(F)F)CN2C(=O)N2CCCC2)c(F)c1N(C)Cc1ccccc1. The number of likely N-dealkylation sites (tertiary alicyclic amines) is 2. The van der Waals surface area contributed by atoms with Gasteiger partial charge in [-0.1, -0.05) is 30.3 Å². The molecule has 2 aromatic heterocycles. The second-order valence-electron chi connectivity index (χ2n) is 9.77. The van der Waals surface area contributed by atoms with Gasteiger partial charge in [-0.15, -0.1) is 0 Å². The van der Waals surface area contributed by atoms with Crippen LogP contribution in [0.5, 0.6) is 0 Å². The molecule has 2 atom stereocenters. The predicted molar refractivity (Wildman–Crippen MR) is 129 cm³/mol. The van der Waals surface area contributed by atoms with Gasteiger partial charge in [-0.2, -0.15) is 23.0 Å². The molecular formula is C26H27F4N5O3. The van der Waals surface area contributed by atoms with Crippen molar-refractivity contribution in [2.45, 2.75) is 38.5 Å². The number of carbonyl (C=O) groups is 2. The molecule has 2 aliphatic heterocycles. The summed E-state index contributed by atoms with van der Waals surface area (Å²) in [5, 5.41) is 4.11. The number of hydrogen-bond donors (Lipinski definition) is 0. The predicted octanol–water partition coefficient (Wildman–Crippen LogP) is 5.00. The zero-order chi connectivity index (χ0) is 27.2. The van der Waals surface area contributed by atoms with Crippen LogP contribution in [0.4, 0.5) is 28.2 Å². The number of aryl methyl sites for hydroxylation is 1. The third kappa shape index (κ3) is 4.52. The number of anilines is 1. The largest absolute Gasteiger partial charge is 0.471 e. The zero-order valence-electron chi connectivity index (χ0n) is 20.9. The number of benzene rings is 1. The molecule has 0 N–H and O–H groups in total. The van der Waals surface area contributed by atoms with Crippen molar-refractivity contribution in [3.63, 3.8) is 0 Å². The Morgan fingerprint density at radius 3 is 2.42 bits per heavy atom. The average molecular weight is 534 g/mol. The number of furan rings is 1. The molecule has 2 aliphatic rings. The van der Waals surface area contributed by atoms with E-state index in [1.165, 1.54) is 29.4 Å². The molecule has 0 saturated carbocycles. The van der Waals surface area contributed by atoms with Crippen molar-refractivity contribution in [2.24, 2.45) is 5.92 Å². The highest BCUT2D eigenvalue weighted by Crippen LogP contribution is 2.49. The molecule has 0 bridgehead atoms. The number of nitrogens with zero attached hydrogens (tertiary/aromatic N) is 5. The number of rotatable bonds is 5. The van der Waals surface area contributed by atoms with E-state index in [0.29, 0.717) is 18.7 Å². The van der Waals surface area contributed by atoms with Gasteiger partial charge in [-0.25, -0.2) is 9.18 Å². The first-order chi connectivity index (χ1) is 18.1. The van der Waals surface area contributed by atoms with Gasteiger partial charge in [0, 0.05) is 38.8 Å². The molecule has 3 aromatic rings. The molecule has 0 aliphatic carbocycles. The first-order valence-corrected chi connectivity index (χ1v) is 12.3. The van der Waals surface area contributed by atoms with Crippen molar-refractivity contribution in [3.05, 3.63) is 71.1 Å². The summed E-state index contributed by atoms with van der Waals surface area (Å²) < 4.78 is 64.0. The van der Waals surface area contributed by atoms with Crippen LogP contribution >= 0.6 is 0 Å². The molecule has 2 saturated heterocycles. The summed E-state index contributed by atoms with van der Waals surface area (Å²) in [6, 6.07) is 6.75. The highest BCUT2D eigenvalue weighted by atomic mass is 19.4. The second kappa shape index (κ2) is 9.80. The van der Waals surface area contributed by atoms with E-state index in [2.05, 4.69) is 5.10 Å². The average Bonchev–Trinajstić information content (AvgIpc) is 3.59. The lowest BCUT2D eigenvalue weighted by atomic mass is 9.85. The van der Waals surface area contributed by atoms with Crippen LogP contribution < -0.4 is 4.90 Å². The smallest absolute Gasteiger partial charge is 0.395 e. The number of amides is 2. The summed E-state index contributed by atoms with van der Waals surface area (Å²) >= 11 is 0. The van der Waals surface area contributed by atoms with E-state index < -0.39 is 48.1 Å². The molecule has 2 amide bonds. The van der Waals surface area contributed by atoms with Gasteiger partial charge in [-0.05, 0) is 25.3 Å². The molecular weight excluding hydrogens is 506 g/mol. The van der Waals surface area contributed by atoms with E-state index in [4.69, 9.17) is 4.42 Å². The normalized spacial score (nSPS) is 19.5.